The van der Waals surface area contributed by atoms with Crippen LogP contribution in [0.15, 0.2) is 53.9 Å². The summed E-state index contributed by atoms with van der Waals surface area (Å²) in [6.45, 7) is 4.03. The van der Waals surface area contributed by atoms with Gasteiger partial charge in [-0.1, -0.05) is 26.0 Å². The molecule has 26 heavy (non-hydrogen) atoms. The monoisotopic (exact) mass is 369 g/mol. The Hall–Kier alpha value is -2.73. The van der Waals surface area contributed by atoms with E-state index in [-0.39, 0.29) is 11.7 Å². The van der Waals surface area contributed by atoms with E-state index in [0.717, 1.165) is 27.8 Å². The van der Waals surface area contributed by atoms with Gasteiger partial charge in [0.1, 0.15) is 5.82 Å². The Bertz CT molecular complexity index is 873. The van der Waals surface area contributed by atoms with Crippen molar-refractivity contribution in [1.82, 2.24) is 4.98 Å². The number of carbonyl (C=O) groups is 1. The fraction of sp³-hybridized carbons (Fsp3) is 0.200. The van der Waals surface area contributed by atoms with Crippen molar-refractivity contribution < 1.29 is 9.18 Å². The van der Waals surface area contributed by atoms with Gasteiger partial charge >= 0.3 is 0 Å². The van der Waals surface area contributed by atoms with Crippen LogP contribution in [0.5, 0.6) is 0 Å². The molecule has 0 spiro atoms. The average molecular weight is 369 g/mol. The second kappa shape index (κ2) is 8.10. The molecule has 2 N–H and O–H groups in total. The Morgan fingerprint density at radius 1 is 1.08 bits per heavy atom. The highest BCUT2D eigenvalue weighted by Crippen LogP contribution is 2.28. The van der Waals surface area contributed by atoms with Crippen LogP contribution in [0.3, 0.4) is 0 Å². The molecule has 0 saturated carbocycles. The summed E-state index contributed by atoms with van der Waals surface area (Å²) < 4.78 is 13.0. The highest BCUT2D eigenvalue weighted by atomic mass is 32.1. The predicted molar refractivity (Wildman–Crippen MR) is 105 cm³/mol. The molecule has 0 fully saturated rings. The van der Waals surface area contributed by atoms with E-state index in [2.05, 4.69) is 15.6 Å². The van der Waals surface area contributed by atoms with E-state index in [1.807, 2.05) is 43.5 Å². The lowest BCUT2D eigenvalue weighted by atomic mass is 10.1. The van der Waals surface area contributed by atoms with Crippen molar-refractivity contribution in [2.75, 3.05) is 10.6 Å². The number of amides is 1. The number of aromatic nitrogens is 1. The van der Waals surface area contributed by atoms with E-state index >= 15 is 0 Å². The minimum absolute atomic E-state index is 0.0205. The molecule has 0 unspecified atom stereocenters. The number of benzene rings is 2. The number of halogens is 1. The molecule has 1 aromatic heterocycles. The molecule has 2 aromatic carbocycles. The van der Waals surface area contributed by atoms with Crippen LogP contribution in [0.25, 0.3) is 11.3 Å². The number of thiazole rings is 1. The van der Waals surface area contributed by atoms with Crippen molar-refractivity contribution in [2.24, 2.45) is 5.92 Å². The number of hydrogen-bond donors (Lipinski definition) is 2. The molecule has 4 nitrogen and oxygen atoms in total. The third-order valence-electron chi connectivity index (χ3n) is 3.66. The lowest BCUT2D eigenvalue weighted by Crippen LogP contribution is -2.13. The van der Waals surface area contributed by atoms with Gasteiger partial charge in [0.25, 0.3) is 0 Å². The van der Waals surface area contributed by atoms with Gasteiger partial charge in [-0.3, -0.25) is 4.79 Å². The topological polar surface area (TPSA) is 54.0 Å². The van der Waals surface area contributed by atoms with Gasteiger partial charge < -0.3 is 10.6 Å². The molecule has 134 valence electrons. The first kappa shape index (κ1) is 18.1. The first-order chi connectivity index (χ1) is 12.5. The zero-order chi connectivity index (χ0) is 18.5. The van der Waals surface area contributed by atoms with E-state index < -0.39 is 0 Å². The van der Waals surface area contributed by atoms with Crippen LogP contribution in [0, 0.1) is 11.7 Å². The smallest absolute Gasteiger partial charge is 0.224 e. The minimum Gasteiger partial charge on any atom is -0.332 e. The van der Waals surface area contributed by atoms with Crippen molar-refractivity contribution in [3.63, 3.8) is 0 Å². The van der Waals surface area contributed by atoms with E-state index in [4.69, 9.17) is 0 Å². The second-order valence-electron chi connectivity index (χ2n) is 6.39. The van der Waals surface area contributed by atoms with Gasteiger partial charge in [-0.2, -0.15) is 0 Å². The van der Waals surface area contributed by atoms with Crippen LogP contribution in [0.4, 0.5) is 20.9 Å². The molecule has 0 aliphatic carbocycles. The van der Waals surface area contributed by atoms with Crippen molar-refractivity contribution >= 4 is 33.8 Å². The first-order valence-electron chi connectivity index (χ1n) is 8.38. The van der Waals surface area contributed by atoms with Crippen LogP contribution >= 0.6 is 11.3 Å². The summed E-state index contributed by atoms with van der Waals surface area (Å²) in [5.41, 5.74) is 3.38. The SMILES string of the molecule is CC(C)CC(=O)Nc1ccc(-c2csc(Nc3ccc(F)cc3)n2)cc1. The van der Waals surface area contributed by atoms with Crippen molar-refractivity contribution in [1.29, 1.82) is 0 Å². The van der Waals surface area contributed by atoms with Crippen molar-refractivity contribution in [2.45, 2.75) is 20.3 Å². The number of hydrogen-bond acceptors (Lipinski definition) is 4. The maximum absolute atomic E-state index is 13.0. The van der Waals surface area contributed by atoms with E-state index in [1.54, 1.807) is 12.1 Å². The summed E-state index contributed by atoms with van der Waals surface area (Å²) >= 11 is 1.48. The Balaban J connectivity index is 1.65. The van der Waals surface area contributed by atoms with Crippen LogP contribution in [-0.2, 0) is 4.79 Å². The lowest BCUT2D eigenvalue weighted by molar-refractivity contribution is -0.116. The summed E-state index contributed by atoms with van der Waals surface area (Å²) in [7, 11) is 0. The fourth-order valence-electron chi connectivity index (χ4n) is 2.43. The van der Waals surface area contributed by atoms with Crippen molar-refractivity contribution in [3.8, 4) is 11.3 Å². The number of rotatable bonds is 6. The largest absolute Gasteiger partial charge is 0.332 e. The highest BCUT2D eigenvalue weighted by molar-refractivity contribution is 7.14. The standard InChI is InChI=1S/C20H20FN3OS/c1-13(2)11-19(25)22-16-7-3-14(4-8-16)18-12-26-20(24-18)23-17-9-5-15(21)6-10-17/h3-10,12-13H,11H2,1-2H3,(H,22,25)(H,23,24). The summed E-state index contributed by atoms with van der Waals surface area (Å²) in [5, 5.41) is 8.75. The van der Waals surface area contributed by atoms with Crippen molar-refractivity contribution in [3.05, 3.63) is 59.7 Å². The summed E-state index contributed by atoms with van der Waals surface area (Å²) in [5.74, 6) is 0.0828. The van der Waals surface area contributed by atoms with Gasteiger partial charge in [0.05, 0.1) is 5.69 Å². The molecule has 0 saturated heterocycles. The van der Waals surface area contributed by atoms with Crippen LogP contribution in [0.1, 0.15) is 20.3 Å². The quantitative estimate of drug-likeness (QED) is 0.588. The maximum atomic E-state index is 13.0. The Kier molecular flexibility index (Phi) is 5.63. The lowest BCUT2D eigenvalue weighted by Gasteiger charge is -2.07. The van der Waals surface area contributed by atoms with Gasteiger partial charge in [0, 0.05) is 28.7 Å². The summed E-state index contributed by atoms with van der Waals surface area (Å²) in [4.78, 5) is 16.4. The zero-order valence-corrected chi connectivity index (χ0v) is 15.4. The van der Waals surface area contributed by atoms with E-state index in [1.165, 1.54) is 23.5 Å². The maximum Gasteiger partial charge on any atom is 0.224 e. The normalized spacial score (nSPS) is 10.8. The molecule has 1 amide bonds. The van der Waals surface area contributed by atoms with Gasteiger partial charge in [-0.25, -0.2) is 9.37 Å². The molecule has 0 atom stereocenters. The Morgan fingerprint density at radius 2 is 1.73 bits per heavy atom. The Morgan fingerprint density at radius 3 is 2.38 bits per heavy atom. The number of nitrogens with one attached hydrogen (secondary N) is 2. The third-order valence-corrected chi connectivity index (χ3v) is 4.42. The average Bonchev–Trinajstić information content (AvgIpc) is 3.05. The minimum atomic E-state index is -0.268. The predicted octanol–water partition coefficient (Wildman–Crippen LogP) is 5.68. The number of anilines is 3. The fourth-order valence-corrected chi connectivity index (χ4v) is 3.17. The van der Waals surface area contributed by atoms with E-state index in [0.29, 0.717) is 12.3 Å². The molecular weight excluding hydrogens is 349 g/mol. The molecule has 1 heterocycles. The van der Waals surface area contributed by atoms with Crippen LogP contribution in [0.2, 0.25) is 0 Å². The molecule has 3 aromatic rings. The highest BCUT2D eigenvalue weighted by Gasteiger charge is 2.08. The number of nitrogens with zero attached hydrogens (tertiary/aromatic N) is 1. The molecule has 0 bridgehead atoms. The molecule has 6 heteroatoms. The van der Waals surface area contributed by atoms with Gasteiger partial charge in [-0.15, -0.1) is 11.3 Å². The number of carbonyl (C=O) groups excluding carboxylic acids is 1. The zero-order valence-electron chi connectivity index (χ0n) is 14.6. The van der Waals surface area contributed by atoms with Gasteiger partial charge in [0.15, 0.2) is 5.13 Å². The first-order valence-corrected chi connectivity index (χ1v) is 9.26. The Labute approximate surface area is 156 Å². The molecular formula is C20H20FN3OS. The van der Waals surface area contributed by atoms with Gasteiger partial charge in [0.2, 0.25) is 5.91 Å². The molecule has 3 rings (SSSR count). The summed E-state index contributed by atoms with van der Waals surface area (Å²) in [6, 6.07) is 13.8. The molecule has 0 aliphatic rings. The molecule has 0 radical (unpaired) electrons. The van der Waals surface area contributed by atoms with Crippen LogP contribution in [-0.4, -0.2) is 10.9 Å². The van der Waals surface area contributed by atoms with E-state index in [9.17, 15) is 9.18 Å². The van der Waals surface area contributed by atoms with Crippen LogP contribution < -0.4 is 10.6 Å². The second-order valence-corrected chi connectivity index (χ2v) is 7.25. The molecule has 0 aliphatic heterocycles. The summed E-state index contributed by atoms with van der Waals surface area (Å²) in [6.07, 6.45) is 0.506. The van der Waals surface area contributed by atoms with Gasteiger partial charge in [-0.05, 0) is 42.3 Å². The third kappa shape index (κ3) is 4.89.